The average molecular weight is 316 g/mol. The highest BCUT2D eigenvalue weighted by molar-refractivity contribution is 7.12. The number of aryl methyl sites for hydroxylation is 1. The van der Waals surface area contributed by atoms with Crippen molar-refractivity contribution in [2.75, 3.05) is 19.0 Å². The van der Waals surface area contributed by atoms with Gasteiger partial charge in [-0.3, -0.25) is 4.99 Å². The zero-order chi connectivity index (χ0) is 15.5. The topological polar surface area (TPSA) is 33.4 Å². The van der Waals surface area contributed by atoms with Crippen molar-refractivity contribution < 1.29 is 0 Å². The van der Waals surface area contributed by atoms with Crippen molar-refractivity contribution in [1.29, 1.82) is 0 Å². The minimum atomic E-state index is 0.490. The average Bonchev–Trinajstić information content (AvgIpc) is 2.89. The lowest BCUT2D eigenvalue weighted by atomic mass is 9.96. The van der Waals surface area contributed by atoms with E-state index in [0.717, 1.165) is 15.4 Å². The fraction of sp³-hybridized carbons (Fsp3) is 0.529. The maximum absolute atomic E-state index is 4.92. The Bertz CT molecular complexity index is 675. The summed E-state index contributed by atoms with van der Waals surface area (Å²) in [5.74, 6) is 0. The van der Waals surface area contributed by atoms with Crippen molar-refractivity contribution in [2.45, 2.75) is 38.1 Å². The Labute approximate surface area is 136 Å². The van der Waals surface area contributed by atoms with Crippen molar-refractivity contribution >= 4 is 17.0 Å². The van der Waals surface area contributed by atoms with Crippen LogP contribution in [-0.2, 0) is 7.05 Å². The highest BCUT2D eigenvalue weighted by Gasteiger charge is 2.13. The molecule has 22 heavy (non-hydrogen) atoms. The number of rotatable bonds is 3. The molecule has 0 unspecified atom stereocenters. The molecule has 0 saturated heterocycles. The predicted molar refractivity (Wildman–Crippen MR) is 93.3 cm³/mol. The summed E-state index contributed by atoms with van der Waals surface area (Å²) in [6, 6.07) is 9.03. The van der Waals surface area contributed by atoms with E-state index >= 15 is 0 Å². The summed E-state index contributed by atoms with van der Waals surface area (Å²) in [5, 5.41) is 5.69. The third-order valence-electron chi connectivity index (χ3n) is 4.20. The Kier molecular flexibility index (Phi) is 4.62. The molecule has 0 atom stereocenters. The van der Waals surface area contributed by atoms with E-state index in [4.69, 9.17) is 4.99 Å². The van der Waals surface area contributed by atoms with Gasteiger partial charge in [-0.25, -0.2) is 4.68 Å². The van der Waals surface area contributed by atoms with E-state index in [1.54, 1.807) is 11.3 Å². The maximum atomic E-state index is 4.92. The van der Waals surface area contributed by atoms with Crippen LogP contribution >= 0.6 is 11.3 Å². The molecule has 1 aromatic carbocycles. The Hall–Kier alpha value is -1.62. The van der Waals surface area contributed by atoms with Gasteiger partial charge in [0.2, 0.25) is 4.80 Å². The van der Waals surface area contributed by atoms with Gasteiger partial charge >= 0.3 is 0 Å². The second-order valence-electron chi connectivity index (χ2n) is 6.18. The Morgan fingerprint density at radius 1 is 1.14 bits per heavy atom. The summed E-state index contributed by atoms with van der Waals surface area (Å²) in [4.78, 5) is 8.07. The number of hydrogen-bond acceptors (Lipinski definition) is 4. The van der Waals surface area contributed by atoms with Gasteiger partial charge in [0, 0.05) is 32.4 Å². The first-order valence-corrected chi connectivity index (χ1v) is 8.81. The normalized spacial score (nSPS) is 17.0. The van der Waals surface area contributed by atoms with Crippen LogP contribution in [0, 0.1) is 0 Å². The molecule has 0 spiro atoms. The van der Waals surface area contributed by atoms with Crippen LogP contribution in [0.2, 0.25) is 0 Å². The molecule has 118 valence electrons. The monoisotopic (exact) mass is 316 g/mol. The van der Waals surface area contributed by atoms with Crippen LogP contribution in [0.4, 0.5) is 5.69 Å². The lowest BCUT2D eigenvalue weighted by Crippen LogP contribution is -2.18. The molecule has 2 aromatic rings. The minimum absolute atomic E-state index is 0.490. The molecule has 1 aliphatic rings. The lowest BCUT2D eigenvalue weighted by Gasteiger charge is -2.16. The molecular formula is C17H24N4S. The fourth-order valence-corrected chi connectivity index (χ4v) is 3.81. The smallest absolute Gasteiger partial charge is 0.203 e. The van der Waals surface area contributed by atoms with Gasteiger partial charge in [-0.2, -0.15) is 5.10 Å². The summed E-state index contributed by atoms with van der Waals surface area (Å²) < 4.78 is 1.93. The van der Waals surface area contributed by atoms with Gasteiger partial charge in [0.05, 0.1) is 6.04 Å². The first kappa shape index (κ1) is 15.3. The number of nitrogens with zero attached hydrogens (tertiary/aromatic N) is 4. The van der Waals surface area contributed by atoms with Crippen LogP contribution in [0.5, 0.6) is 0 Å². The molecule has 1 saturated carbocycles. The quantitative estimate of drug-likeness (QED) is 0.869. The lowest BCUT2D eigenvalue weighted by molar-refractivity contribution is 0.434. The van der Waals surface area contributed by atoms with Crippen molar-refractivity contribution in [2.24, 2.45) is 12.0 Å². The van der Waals surface area contributed by atoms with Crippen molar-refractivity contribution in [1.82, 2.24) is 9.78 Å². The Balaban J connectivity index is 1.86. The van der Waals surface area contributed by atoms with Crippen LogP contribution in [0.1, 0.15) is 32.1 Å². The third kappa shape index (κ3) is 3.40. The molecule has 4 nitrogen and oxygen atoms in total. The molecule has 1 fully saturated rings. The number of hydrogen-bond donors (Lipinski definition) is 0. The van der Waals surface area contributed by atoms with E-state index in [1.807, 2.05) is 11.7 Å². The van der Waals surface area contributed by atoms with Gasteiger partial charge in [-0.1, -0.05) is 30.6 Å². The first-order valence-electron chi connectivity index (χ1n) is 7.99. The number of aromatic nitrogens is 2. The molecule has 1 aliphatic carbocycles. The van der Waals surface area contributed by atoms with E-state index < -0.39 is 0 Å². The van der Waals surface area contributed by atoms with Crippen LogP contribution in [-0.4, -0.2) is 29.9 Å². The molecule has 5 heteroatoms. The summed E-state index contributed by atoms with van der Waals surface area (Å²) in [5.41, 5.74) is 2.37. The van der Waals surface area contributed by atoms with Crippen LogP contribution in [0.15, 0.2) is 29.3 Å². The molecular weight excluding hydrogens is 292 g/mol. The Morgan fingerprint density at radius 3 is 2.45 bits per heavy atom. The van der Waals surface area contributed by atoms with Gasteiger partial charge in [0.25, 0.3) is 0 Å². The van der Waals surface area contributed by atoms with E-state index in [9.17, 15) is 0 Å². The second-order valence-corrected chi connectivity index (χ2v) is 7.13. The fourth-order valence-electron chi connectivity index (χ4n) is 2.85. The largest absolute Gasteiger partial charge is 0.378 e. The molecule has 0 radical (unpaired) electrons. The summed E-state index contributed by atoms with van der Waals surface area (Å²) >= 11 is 1.69. The predicted octanol–water partition coefficient (Wildman–Crippen LogP) is 3.45. The van der Waals surface area contributed by atoms with E-state index in [1.165, 1.54) is 37.8 Å². The van der Waals surface area contributed by atoms with Crippen LogP contribution in [0.3, 0.4) is 0 Å². The number of anilines is 1. The van der Waals surface area contributed by atoms with Crippen LogP contribution in [0.25, 0.3) is 10.6 Å². The Morgan fingerprint density at radius 2 is 1.82 bits per heavy atom. The van der Waals surface area contributed by atoms with Crippen molar-refractivity contribution in [3.63, 3.8) is 0 Å². The van der Waals surface area contributed by atoms with Crippen molar-refractivity contribution in [3.05, 3.63) is 29.1 Å². The highest BCUT2D eigenvalue weighted by Crippen LogP contribution is 2.23. The molecule has 3 rings (SSSR count). The van der Waals surface area contributed by atoms with Gasteiger partial charge in [-0.05, 0) is 37.1 Å². The standard InChI is InChI=1S/C17H24N4S/c1-20(2)15-11-9-13(10-12-15)16-19-21(3)17(22-16)18-14-7-5-4-6-8-14/h9-12,14H,4-8H2,1-3H3/b18-17+. The zero-order valence-electron chi connectivity index (χ0n) is 13.6. The number of benzene rings is 1. The second kappa shape index (κ2) is 6.65. The molecule has 0 amide bonds. The summed E-state index contributed by atoms with van der Waals surface area (Å²) in [7, 11) is 6.11. The molecule has 1 heterocycles. The van der Waals surface area contributed by atoms with Crippen LogP contribution < -0.4 is 9.70 Å². The highest BCUT2D eigenvalue weighted by atomic mass is 32.1. The third-order valence-corrected chi connectivity index (χ3v) is 5.27. The molecule has 0 N–H and O–H groups in total. The minimum Gasteiger partial charge on any atom is -0.378 e. The van der Waals surface area contributed by atoms with E-state index in [2.05, 4.69) is 48.4 Å². The zero-order valence-corrected chi connectivity index (χ0v) is 14.4. The van der Waals surface area contributed by atoms with E-state index in [-0.39, 0.29) is 0 Å². The van der Waals surface area contributed by atoms with Gasteiger partial charge in [0.15, 0.2) is 0 Å². The van der Waals surface area contributed by atoms with Gasteiger partial charge < -0.3 is 4.90 Å². The summed E-state index contributed by atoms with van der Waals surface area (Å²) in [6.07, 6.45) is 6.45. The van der Waals surface area contributed by atoms with Gasteiger partial charge in [-0.15, -0.1) is 0 Å². The molecule has 0 bridgehead atoms. The first-order chi connectivity index (χ1) is 10.6. The maximum Gasteiger partial charge on any atom is 0.203 e. The SMILES string of the molecule is CN(C)c1ccc(-c2nn(C)/c(=N\C3CCCCC3)s2)cc1. The summed E-state index contributed by atoms with van der Waals surface area (Å²) in [6.45, 7) is 0. The molecule has 1 aromatic heterocycles. The van der Waals surface area contributed by atoms with Gasteiger partial charge in [0.1, 0.15) is 5.01 Å². The van der Waals surface area contributed by atoms with E-state index in [0.29, 0.717) is 6.04 Å². The molecule has 0 aliphatic heterocycles. The van der Waals surface area contributed by atoms with Crippen molar-refractivity contribution in [3.8, 4) is 10.6 Å².